The summed E-state index contributed by atoms with van der Waals surface area (Å²) in [6.45, 7) is 2.14. The van der Waals surface area contributed by atoms with Gasteiger partial charge in [-0.15, -0.1) is 0 Å². The van der Waals surface area contributed by atoms with E-state index >= 15 is 0 Å². The maximum absolute atomic E-state index is 8.96. The van der Waals surface area contributed by atoms with Gasteiger partial charge in [-0.25, -0.2) is 4.98 Å². The van der Waals surface area contributed by atoms with Crippen LogP contribution in [0.15, 0.2) is 42.5 Å². The van der Waals surface area contributed by atoms with E-state index in [9.17, 15) is 0 Å². The molecule has 94 valence electrons. The molecule has 0 aliphatic heterocycles. The summed E-state index contributed by atoms with van der Waals surface area (Å²) in [5.74, 6) is 0.917. The van der Waals surface area contributed by atoms with Crippen LogP contribution in [0.2, 0.25) is 0 Å². The van der Waals surface area contributed by atoms with Crippen LogP contribution in [0.1, 0.15) is 11.3 Å². The lowest BCUT2D eigenvalue weighted by Crippen LogP contribution is -2.12. The van der Waals surface area contributed by atoms with Crippen LogP contribution in [-0.2, 0) is 6.42 Å². The summed E-state index contributed by atoms with van der Waals surface area (Å²) in [5, 5.41) is 8.96. The molecule has 0 aliphatic rings. The molecule has 0 aliphatic carbocycles. The Morgan fingerprint density at radius 3 is 2.44 bits per heavy atom. The smallest absolute Gasteiger partial charge is 0.132 e. The standard InChI is InChI=1S/C15H18N2O/c1-12-13(10-11-18)8-9-15(16-12)17(2)14-6-4-3-5-7-14/h3-9,18H,10-11H2,1-2H3. The number of para-hydroxylation sites is 1. The van der Waals surface area contributed by atoms with Crippen molar-refractivity contribution in [3.63, 3.8) is 0 Å². The SMILES string of the molecule is Cc1nc(N(C)c2ccccc2)ccc1CCO. The van der Waals surface area contributed by atoms with Crippen LogP contribution < -0.4 is 4.90 Å². The number of hydrogen-bond donors (Lipinski definition) is 1. The van der Waals surface area contributed by atoms with Crippen LogP contribution in [-0.4, -0.2) is 23.7 Å². The molecule has 0 saturated heterocycles. The zero-order chi connectivity index (χ0) is 13.0. The van der Waals surface area contributed by atoms with Crippen molar-refractivity contribution < 1.29 is 5.11 Å². The van der Waals surface area contributed by atoms with Crippen molar-refractivity contribution >= 4 is 11.5 Å². The summed E-state index contributed by atoms with van der Waals surface area (Å²) < 4.78 is 0. The molecule has 18 heavy (non-hydrogen) atoms. The number of anilines is 2. The first-order valence-corrected chi connectivity index (χ1v) is 6.08. The molecule has 1 aromatic heterocycles. The molecule has 0 bridgehead atoms. The van der Waals surface area contributed by atoms with Gasteiger partial charge in [0.25, 0.3) is 0 Å². The first-order valence-electron chi connectivity index (χ1n) is 6.08. The number of aliphatic hydroxyl groups excluding tert-OH is 1. The third kappa shape index (κ3) is 2.68. The van der Waals surface area contributed by atoms with Gasteiger partial charge in [-0.3, -0.25) is 0 Å². The Balaban J connectivity index is 2.26. The van der Waals surface area contributed by atoms with Gasteiger partial charge in [-0.05, 0) is 37.1 Å². The molecular formula is C15H18N2O. The molecule has 1 heterocycles. The van der Waals surface area contributed by atoms with Gasteiger partial charge in [-0.2, -0.15) is 0 Å². The van der Waals surface area contributed by atoms with Gasteiger partial charge >= 0.3 is 0 Å². The third-order valence-corrected chi connectivity index (χ3v) is 3.05. The predicted molar refractivity (Wildman–Crippen MR) is 74.3 cm³/mol. The maximum Gasteiger partial charge on any atom is 0.132 e. The van der Waals surface area contributed by atoms with E-state index in [1.54, 1.807) is 0 Å². The van der Waals surface area contributed by atoms with Gasteiger partial charge in [0, 0.05) is 25.0 Å². The highest BCUT2D eigenvalue weighted by Gasteiger charge is 2.07. The van der Waals surface area contributed by atoms with Gasteiger partial charge in [0.1, 0.15) is 5.82 Å². The topological polar surface area (TPSA) is 36.4 Å². The Kier molecular flexibility index (Phi) is 3.95. The Hall–Kier alpha value is -1.87. The van der Waals surface area contributed by atoms with E-state index in [0.717, 1.165) is 22.8 Å². The van der Waals surface area contributed by atoms with Crippen LogP contribution in [0.5, 0.6) is 0 Å². The van der Waals surface area contributed by atoms with Gasteiger partial charge in [0.15, 0.2) is 0 Å². The first kappa shape index (κ1) is 12.6. The number of nitrogens with zero attached hydrogens (tertiary/aromatic N) is 2. The summed E-state index contributed by atoms with van der Waals surface area (Å²) in [5.41, 5.74) is 3.19. The van der Waals surface area contributed by atoms with Gasteiger partial charge in [0.2, 0.25) is 0 Å². The highest BCUT2D eigenvalue weighted by atomic mass is 16.2. The summed E-state index contributed by atoms with van der Waals surface area (Å²) in [4.78, 5) is 6.63. The molecule has 1 N–H and O–H groups in total. The summed E-state index contributed by atoms with van der Waals surface area (Å²) in [7, 11) is 2.00. The lowest BCUT2D eigenvalue weighted by atomic mass is 10.1. The molecule has 0 unspecified atom stereocenters. The average molecular weight is 242 g/mol. The van der Waals surface area contributed by atoms with Crippen molar-refractivity contribution in [2.75, 3.05) is 18.6 Å². The van der Waals surface area contributed by atoms with Gasteiger partial charge in [-0.1, -0.05) is 24.3 Å². The fourth-order valence-electron chi connectivity index (χ4n) is 1.93. The molecule has 2 rings (SSSR count). The highest BCUT2D eigenvalue weighted by molar-refractivity contribution is 5.59. The molecule has 0 amide bonds. The average Bonchev–Trinajstić information content (AvgIpc) is 2.41. The highest BCUT2D eigenvalue weighted by Crippen LogP contribution is 2.22. The Labute approximate surface area is 108 Å². The molecule has 3 nitrogen and oxygen atoms in total. The van der Waals surface area contributed by atoms with E-state index < -0.39 is 0 Å². The van der Waals surface area contributed by atoms with Crippen LogP contribution in [0.4, 0.5) is 11.5 Å². The molecule has 0 atom stereocenters. The molecule has 2 aromatic rings. The number of aromatic nitrogens is 1. The van der Waals surface area contributed by atoms with E-state index in [2.05, 4.69) is 22.0 Å². The Morgan fingerprint density at radius 1 is 1.11 bits per heavy atom. The molecular weight excluding hydrogens is 224 g/mol. The van der Waals surface area contributed by atoms with Gasteiger partial charge in [0.05, 0.1) is 0 Å². The van der Waals surface area contributed by atoms with E-state index in [1.165, 1.54) is 0 Å². The zero-order valence-corrected chi connectivity index (χ0v) is 10.8. The minimum atomic E-state index is 0.163. The number of rotatable bonds is 4. The summed E-state index contributed by atoms with van der Waals surface area (Å²) in [6, 6.07) is 14.2. The molecule has 0 fully saturated rings. The molecule has 1 aromatic carbocycles. The van der Waals surface area contributed by atoms with Gasteiger partial charge < -0.3 is 10.0 Å². The van der Waals surface area contributed by atoms with Crippen molar-refractivity contribution in [3.8, 4) is 0 Å². The van der Waals surface area contributed by atoms with Crippen molar-refractivity contribution in [2.45, 2.75) is 13.3 Å². The zero-order valence-electron chi connectivity index (χ0n) is 10.8. The molecule has 0 radical (unpaired) electrons. The van der Waals surface area contributed by atoms with Crippen LogP contribution in [0.25, 0.3) is 0 Å². The molecule has 0 saturated carbocycles. The van der Waals surface area contributed by atoms with Crippen molar-refractivity contribution in [2.24, 2.45) is 0 Å². The van der Waals surface area contributed by atoms with Crippen molar-refractivity contribution in [1.82, 2.24) is 4.98 Å². The number of benzene rings is 1. The Morgan fingerprint density at radius 2 is 1.83 bits per heavy atom. The fourth-order valence-corrected chi connectivity index (χ4v) is 1.93. The number of aryl methyl sites for hydroxylation is 1. The summed E-state index contributed by atoms with van der Waals surface area (Å²) >= 11 is 0. The van der Waals surface area contributed by atoms with E-state index in [0.29, 0.717) is 6.42 Å². The lowest BCUT2D eigenvalue weighted by Gasteiger charge is -2.19. The van der Waals surface area contributed by atoms with Crippen LogP contribution >= 0.6 is 0 Å². The van der Waals surface area contributed by atoms with Crippen molar-refractivity contribution in [1.29, 1.82) is 0 Å². The third-order valence-electron chi connectivity index (χ3n) is 3.05. The van der Waals surface area contributed by atoms with Crippen molar-refractivity contribution in [3.05, 3.63) is 53.7 Å². The number of pyridine rings is 1. The van der Waals surface area contributed by atoms with Crippen LogP contribution in [0.3, 0.4) is 0 Å². The minimum Gasteiger partial charge on any atom is -0.396 e. The van der Waals surface area contributed by atoms with E-state index in [4.69, 9.17) is 5.11 Å². The monoisotopic (exact) mass is 242 g/mol. The normalized spacial score (nSPS) is 10.4. The molecule has 0 spiro atoms. The largest absolute Gasteiger partial charge is 0.396 e. The second-order valence-corrected chi connectivity index (χ2v) is 4.28. The summed E-state index contributed by atoms with van der Waals surface area (Å²) in [6.07, 6.45) is 0.661. The molecule has 3 heteroatoms. The lowest BCUT2D eigenvalue weighted by molar-refractivity contribution is 0.299. The fraction of sp³-hybridized carbons (Fsp3) is 0.267. The van der Waals surface area contributed by atoms with Crippen LogP contribution in [0, 0.1) is 6.92 Å². The number of hydrogen-bond acceptors (Lipinski definition) is 3. The number of aliphatic hydroxyl groups is 1. The first-order chi connectivity index (χ1) is 8.72. The predicted octanol–water partition coefficient (Wildman–Crippen LogP) is 2.69. The van der Waals surface area contributed by atoms with E-state index in [-0.39, 0.29) is 6.61 Å². The second kappa shape index (κ2) is 5.65. The Bertz CT molecular complexity index is 511. The minimum absolute atomic E-state index is 0.163. The quantitative estimate of drug-likeness (QED) is 0.895. The maximum atomic E-state index is 8.96. The second-order valence-electron chi connectivity index (χ2n) is 4.28. The van der Waals surface area contributed by atoms with E-state index in [1.807, 2.05) is 44.3 Å².